The lowest BCUT2D eigenvalue weighted by atomic mass is 10.4. The molecule has 0 aliphatic carbocycles. The number of amides is 2. The molecule has 7 heteroatoms. The Bertz CT molecular complexity index is 577. The third-order valence-electron chi connectivity index (χ3n) is 2.61. The highest BCUT2D eigenvalue weighted by molar-refractivity contribution is 5.73. The molecule has 2 aromatic heterocycles. The molecule has 0 fully saturated rings. The van der Waals surface area contributed by atoms with E-state index >= 15 is 0 Å². The molecule has 0 aromatic carbocycles. The maximum atomic E-state index is 11.3. The Hall–Kier alpha value is -2.31. The highest BCUT2D eigenvalue weighted by atomic mass is 16.2. The minimum absolute atomic E-state index is 0.104. The Morgan fingerprint density at radius 1 is 1.42 bits per heavy atom. The molecule has 2 aromatic rings. The molecule has 2 rings (SSSR count). The number of carbonyl (C=O) groups is 1. The Morgan fingerprint density at radius 2 is 2.21 bits per heavy atom. The molecule has 2 amide bonds. The number of anilines is 1. The van der Waals surface area contributed by atoms with Gasteiger partial charge < -0.3 is 15.5 Å². The largest absolute Gasteiger partial charge is 0.367 e. The lowest BCUT2D eigenvalue weighted by Gasteiger charge is -2.12. The zero-order valence-electron chi connectivity index (χ0n) is 11.3. The van der Waals surface area contributed by atoms with Crippen LogP contribution in [0.3, 0.4) is 0 Å². The fourth-order valence-electron chi connectivity index (χ4n) is 1.69. The van der Waals surface area contributed by atoms with Crippen LogP contribution in [0.15, 0.2) is 18.5 Å². The molecule has 7 nitrogen and oxygen atoms in total. The van der Waals surface area contributed by atoms with Crippen LogP contribution in [0.5, 0.6) is 0 Å². The minimum atomic E-state index is -0.104. The van der Waals surface area contributed by atoms with E-state index in [0.29, 0.717) is 13.1 Å². The van der Waals surface area contributed by atoms with Crippen molar-refractivity contribution in [1.82, 2.24) is 24.8 Å². The number of nitrogens with zero attached hydrogens (tertiary/aromatic N) is 4. The second-order valence-electron chi connectivity index (χ2n) is 4.44. The smallest absolute Gasteiger partial charge is 0.316 e. The molecule has 0 unspecified atom stereocenters. The maximum absolute atomic E-state index is 11.3. The predicted molar refractivity (Wildman–Crippen MR) is 73.3 cm³/mol. The topological polar surface area (TPSA) is 74.6 Å². The molecule has 0 aliphatic heterocycles. The van der Waals surface area contributed by atoms with E-state index in [2.05, 4.69) is 20.7 Å². The van der Waals surface area contributed by atoms with Crippen LogP contribution >= 0.6 is 0 Å². The summed E-state index contributed by atoms with van der Waals surface area (Å²) in [4.78, 5) is 17.1. The standard InChI is InChI=1S/C12H18N6O/c1-9-8-10-11(14-6-7-18(10)16-9)13-4-5-15-12(19)17(2)3/h6-8H,4-5H2,1-3H3,(H,13,14)(H,15,19). The lowest BCUT2D eigenvalue weighted by Crippen LogP contribution is -2.37. The van der Waals surface area contributed by atoms with Crippen molar-refractivity contribution in [3.05, 3.63) is 24.2 Å². The SMILES string of the molecule is Cc1cc2c(NCCNC(=O)N(C)C)nccn2n1. The van der Waals surface area contributed by atoms with Gasteiger partial charge in [-0.25, -0.2) is 14.3 Å². The van der Waals surface area contributed by atoms with Crippen LogP contribution in [0.25, 0.3) is 5.52 Å². The van der Waals surface area contributed by atoms with Crippen molar-refractivity contribution in [2.75, 3.05) is 32.5 Å². The first-order valence-corrected chi connectivity index (χ1v) is 6.08. The average Bonchev–Trinajstić information content (AvgIpc) is 2.75. The van der Waals surface area contributed by atoms with E-state index in [1.807, 2.05) is 13.0 Å². The fourth-order valence-corrected chi connectivity index (χ4v) is 1.69. The monoisotopic (exact) mass is 262 g/mol. The number of aromatic nitrogens is 3. The quantitative estimate of drug-likeness (QED) is 0.796. The van der Waals surface area contributed by atoms with Crippen molar-refractivity contribution in [2.45, 2.75) is 6.92 Å². The van der Waals surface area contributed by atoms with Gasteiger partial charge in [-0.3, -0.25) is 0 Å². The van der Waals surface area contributed by atoms with Crippen molar-refractivity contribution in [1.29, 1.82) is 0 Å². The highest BCUT2D eigenvalue weighted by Gasteiger charge is 2.05. The minimum Gasteiger partial charge on any atom is -0.367 e. The molecule has 0 saturated carbocycles. The van der Waals surface area contributed by atoms with E-state index in [1.54, 1.807) is 31.0 Å². The first kappa shape index (κ1) is 13.1. The summed E-state index contributed by atoms with van der Waals surface area (Å²) in [6.07, 6.45) is 3.50. The Morgan fingerprint density at radius 3 is 2.95 bits per heavy atom. The summed E-state index contributed by atoms with van der Waals surface area (Å²) in [6.45, 7) is 3.08. The van der Waals surface area contributed by atoms with Gasteiger partial charge in [0.15, 0.2) is 5.82 Å². The predicted octanol–water partition coefficient (Wildman–Crippen LogP) is 0.721. The van der Waals surface area contributed by atoms with Crippen molar-refractivity contribution in [3.63, 3.8) is 0 Å². The van der Waals surface area contributed by atoms with Crippen molar-refractivity contribution in [3.8, 4) is 0 Å². The summed E-state index contributed by atoms with van der Waals surface area (Å²) in [5.41, 5.74) is 1.87. The molecule has 2 heterocycles. The molecule has 19 heavy (non-hydrogen) atoms. The average molecular weight is 262 g/mol. The summed E-state index contributed by atoms with van der Waals surface area (Å²) in [5.74, 6) is 0.766. The molecule has 0 bridgehead atoms. The fraction of sp³-hybridized carbons (Fsp3) is 0.417. The number of hydrogen-bond acceptors (Lipinski definition) is 4. The van der Waals surface area contributed by atoms with Gasteiger partial charge >= 0.3 is 6.03 Å². The van der Waals surface area contributed by atoms with Gasteiger partial charge in [0.2, 0.25) is 0 Å². The zero-order valence-corrected chi connectivity index (χ0v) is 11.3. The molecule has 0 spiro atoms. The highest BCUT2D eigenvalue weighted by Crippen LogP contribution is 2.13. The van der Waals surface area contributed by atoms with Crippen LogP contribution in [-0.4, -0.2) is 52.7 Å². The van der Waals surface area contributed by atoms with E-state index in [0.717, 1.165) is 17.0 Å². The van der Waals surface area contributed by atoms with Crippen LogP contribution in [0.2, 0.25) is 0 Å². The number of carbonyl (C=O) groups excluding carboxylic acids is 1. The van der Waals surface area contributed by atoms with E-state index in [4.69, 9.17) is 0 Å². The van der Waals surface area contributed by atoms with Gasteiger partial charge in [0.25, 0.3) is 0 Å². The van der Waals surface area contributed by atoms with Gasteiger partial charge in [-0.1, -0.05) is 0 Å². The molecular weight excluding hydrogens is 244 g/mol. The van der Waals surface area contributed by atoms with Gasteiger partial charge in [0, 0.05) is 39.6 Å². The number of urea groups is 1. The van der Waals surface area contributed by atoms with E-state index in [-0.39, 0.29) is 6.03 Å². The van der Waals surface area contributed by atoms with Crippen LogP contribution in [-0.2, 0) is 0 Å². The molecule has 2 N–H and O–H groups in total. The zero-order chi connectivity index (χ0) is 13.8. The summed E-state index contributed by atoms with van der Waals surface area (Å²) < 4.78 is 1.78. The van der Waals surface area contributed by atoms with Gasteiger partial charge in [0.05, 0.1) is 5.69 Å². The van der Waals surface area contributed by atoms with Crippen molar-refractivity contribution in [2.24, 2.45) is 0 Å². The third-order valence-corrected chi connectivity index (χ3v) is 2.61. The van der Waals surface area contributed by atoms with Crippen LogP contribution in [0.1, 0.15) is 5.69 Å². The third kappa shape index (κ3) is 3.12. The molecule has 0 radical (unpaired) electrons. The molecule has 0 atom stereocenters. The number of rotatable bonds is 4. The number of aryl methyl sites for hydroxylation is 1. The Balaban J connectivity index is 1.93. The summed E-state index contributed by atoms with van der Waals surface area (Å²) >= 11 is 0. The van der Waals surface area contributed by atoms with E-state index in [9.17, 15) is 4.79 Å². The van der Waals surface area contributed by atoms with Gasteiger partial charge in [-0.05, 0) is 13.0 Å². The normalized spacial score (nSPS) is 10.5. The molecule has 0 saturated heterocycles. The Labute approximate surface area is 111 Å². The van der Waals surface area contributed by atoms with Crippen LogP contribution < -0.4 is 10.6 Å². The van der Waals surface area contributed by atoms with E-state index < -0.39 is 0 Å². The molecular formula is C12H18N6O. The van der Waals surface area contributed by atoms with Crippen LogP contribution in [0.4, 0.5) is 10.6 Å². The van der Waals surface area contributed by atoms with E-state index in [1.165, 1.54) is 4.90 Å². The van der Waals surface area contributed by atoms with Gasteiger partial charge in [-0.15, -0.1) is 0 Å². The van der Waals surface area contributed by atoms with Crippen molar-refractivity contribution >= 4 is 17.4 Å². The van der Waals surface area contributed by atoms with Crippen molar-refractivity contribution < 1.29 is 4.79 Å². The first-order valence-electron chi connectivity index (χ1n) is 6.08. The Kier molecular flexibility index (Phi) is 3.84. The van der Waals surface area contributed by atoms with Gasteiger partial charge in [0.1, 0.15) is 5.52 Å². The second-order valence-corrected chi connectivity index (χ2v) is 4.44. The number of fused-ring (bicyclic) bond motifs is 1. The lowest BCUT2D eigenvalue weighted by molar-refractivity contribution is 0.218. The van der Waals surface area contributed by atoms with Crippen LogP contribution in [0, 0.1) is 6.92 Å². The number of nitrogens with one attached hydrogen (secondary N) is 2. The maximum Gasteiger partial charge on any atom is 0.316 e. The first-order chi connectivity index (χ1) is 9.08. The summed E-state index contributed by atoms with van der Waals surface area (Å²) in [5, 5.41) is 10.3. The summed E-state index contributed by atoms with van der Waals surface area (Å²) in [7, 11) is 3.42. The molecule has 0 aliphatic rings. The van der Waals surface area contributed by atoms with Gasteiger partial charge in [-0.2, -0.15) is 5.10 Å². The second kappa shape index (κ2) is 5.55. The number of hydrogen-bond donors (Lipinski definition) is 2. The summed E-state index contributed by atoms with van der Waals surface area (Å²) in [6, 6.07) is 1.86. The molecule has 102 valence electrons.